The Bertz CT molecular complexity index is 1100. The molecule has 1 aromatic heterocycles. The zero-order valence-corrected chi connectivity index (χ0v) is 20.4. The highest BCUT2D eigenvalue weighted by molar-refractivity contribution is 5.65. The van der Waals surface area contributed by atoms with Crippen molar-refractivity contribution in [2.24, 2.45) is 5.92 Å². The molecule has 0 spiro atoms. The van der Waals surface area contributed by atoms with Gasteiger partial charge in [0.1, 0.15) is 11.2 Å². The molecule has 0 aliphatic carbocycles. The van der Waals surface area contributed by atoms with Crippen LogP contribution in [0.1, 0.15) is 77.3 Å². The molecule has 1 aliphatic rings. The van der Waals surface area contributed by atoms with E-state index in [0.29, 0.717) is 5.92 Å². The van der Waals surface area contributed by atoms with Crippen LogP contribution in [-0.2, 0) is 11.0 Å². The highest BCUT2D eigenvalue weighted by Crippen LogP contribution is 2.53. The van der Waals surface area contributed by atoms with Crippen molar-refractivity contribution in [2.45, 2.75) is 85.1 Å². The smallest absolute Gasteiger partial charge is 0.221 e. The van der Waals surface area contributed by atoms with Crippen molar-refractivity contribution in [3.63, 3.8) is 0 Å². The van der Waals surface area contributed by atoms with Gasteiger partial charge in [-0.2, -0.15) is 0 Å². The number of fused-ring (bicyclic) bond motifs is 3. The second-order valence-corrected chi connectivity index (χ2v) is 9.68. The van der Waals surface area contributed by atoms with Gasteiger partial charge in [-0.1, -0.05) is 75.2 Å². The molecule has 31 heavy (non-hydrogen) atoms. The van der Waals surface area contributed by atoms with E-state index in [1.165, 1.54) is 47.5 Å². The minimum absolute atomic E-state index is 0.0292. The summed E-state index contributed by atoms with van der Waals surface area (Å²) < 4.78 is 4.81. The lowest BCUT2D eigenvalue weighted by atomic mass is 9.56. The molecular formula is C28H38N3+. The molecule has 0 amide bonds. The number of benzene rings is 2. The maximum absolute atomic E-state index is 5.17. The Labute approximate surface area is 188 Å². The largest absolute Gasteiger partial charge is 0.275 e. The van der Waals surface area contributed by atoms with E-state index in [9.17, 15) is 0 Å². The Morgan fingerprint density at radius 2 is 1.65 bits per heavy atom. The molecule has 0 bridgehead atoms. The molecule has 2 heterocycles. The van der Waals surface area contributed by atoms with Crippen molar-refractivity contribution in [3.8, 4) is 17.1 Å². The summed E-state index contributed by atoms with van der Waals surface area (Å²) in [4.78, 5) is 0. The number of aromatic nitrogens is 3. The molecule has 0 saturated heterocycles. The third kappa shape index (κ3) is 2.92. The molecule has 0 fully saturated rings. The van der Waals surface area contributed by atoms with Crippen LogP contribution in [0.2, 0.25) is 0 Å². The first kappa shape index (κ1) is 21.8. The number of nitrogens with zero attached hydrogens (tertiary/aromatic N) is 3. The summed E-state index contributed by atoms with van der Waals surface area (Å²) in [5, 5.41) is 5.17. The summed E-state index contributed by atoms with van der Waals surface area (Å²) in [5.74, 6) is 2.91. The van der Waals surface area contributed by atoms with Crippen LogP contribution in [-0.4, -0.2) is 9.78 Å². The van der Waals surface area contributed by atoms with Crippen LogP contribution < -0.4 is 4.57 Å². The van der Waals surface area contributed by atoms with Gasteiger partial charge in [0.2, 0.25) is 0 Å². The maximum atomic E-state index is 5.17. The quantitative estimate of drug-likeness (QED) is 0.411. The number of aryl methyl sites for hydroxylation is 2. The standard InChI is InChI=1S/C28H38N3/c1-8-15-22(9-2)28(7)27(6,10-3)24-18-13-12-17-23(24)26-30(28)21(5)29-31(26)25-19-14-11-16-20(25)4/h11-14,16-19,22H,8-10,15H2,1-7H3/q+1/t22?,27?,28-/m1/s1. The number of hydrogen-bond acceptors (Lipinski definition) is 1. The second-order valence-electron chi connectivity index (χ2n) is 9.68. The summed E-state index contributed by atoms with van der Waals surface area (Å²) >= 11 is 0. The first-order valence-electron chi connectivity index (χ1n) is 12.0. The number of rotatable bonds is 6. The van der Waals surface area contributed by atoms with Gasteiger partial charge in [0, 0.05) is 17.4 Å². The van der Waals surface area contributed by atoms with Crippen LogP contribution in [0.5, 0.6) is 0 Å². The van der Waals surface area contributed by atoms with Crippen LogP contribution in [0, 0.1) is 19.8 Å². The summed E-state index contributed by atoms with van der Waals surface area (Å²) in [6, 6.07) is 17.6. The Balaban J connectivity index is 2.14. The number of para-hydroxylation sites is 1. The average molecular weight is 417 g/mol. The molecule has 3 nitrogen and oxygen atoms in total. The van der Waals surface area contributed by atoms with Crippen LogP contribution in [0.4, 0.5) is 0 Å². The molecule has 164 valence electrons. The lowest BCUT2D eigenvalue weighted by molar-refractivity contribution is -0.778. The van der Waals surface area contributed by atoms with Crippen LogP contribution in [0.3, 0.4) is 0 Å². The van der Waals surface area contributed by atoms with Crippen molar-refractivity contribution in [3.05, 3.63) is 65.5 Å². The molecule has 0 saturated carbocycles. The summed E-state index contributed by atoms with van der Waals surface area (Å²) in [6.07, 6.45) is 4.70. The highest BCUT2D eigenvalue weighted by atomic mass is 15.4. The number of hydrogen-bond donors (Lipinski definition) is 0. The van der Waals surface area contributed by atoms with Crippen molar-refractivity contribution in [1.29, 1.82) is 0 Å². The average Bonchev–Trinajstić information content (AvgIpc) is 3.13. The van der Waals surface area contributed by atoms with Gasteiger partial charge in [-0.3, -0.25) is 0 Å². The van der Waals surface area contributed by atoms with Crippen LogP contribution in [0.15, 0.2) is 48.5 Å². The molecule has 4 rings (SSSR count). The Morgan fingerprint density at radius 1 is 0.968 bits per heavy atom. The van der Waals surface area contributed by atoms with Gasteiger partial charge >= 0.3 is 0 Å². The monoisotopic (exact) mass is 416 g/mol. The van der Waals surface area contributed by atoms with Crippen molar-refractivity contribution < 1.29 is 4.57 Å². The van der Waals surface area contributed by atoms with Crippen LogP contribution >= 0.6 is 0 Å². The molecule has 1 aliphatic heterocycles. The third-order valence-corrected chi connectivity index (χ3v) is 8.30. The Kier molecular flexibility index (Phi) is 5.57. The van der Waals surface area contributed by atoms with E-state index in [1.54, 1.807) is 0 Å². The van der Waals surface area contributed by atoms with Gasteiger partial charge < -0.3 is 0 Å². The van der Waals surface area contributed by atoms with E-state index in [1.807, 2.05) is 0 Å². The van der Waals surface area contributed by atoms with E-state index in [0.717, 1.165) is 12.2 Å². The molecular weight excluding hydrogens is 378 g/mol. The summed E-state index contributed by atoms with van der Waals surface area (Å²) in [5.41, 5.74) is 5.17. The summed E-state index contributed by atoms with van der Waals surface area (Å²) in [6.45, 7) is 16.4. The van der Waals surface area contributed by atoms with Gasteiger partial charge in [0.05, 0.1) is 5.56 Å². The zero-order chi connectivity index (χ0) is 22.4. The molecule has 3 heteroatoms. The Hall–Kier alpha value is -2.42. The van der Waals surface area contributed by atoms with E-state index < -0.39 is 0 Å². The van der Waals surface area contributed by atoms with Crippen molar-refractivity contribution in [2.75, 3.05) is 0 Å². The van der Waals surface area contributed by atoms with E-state index >= 15 is 0 Å². The van der Waals surface area contributed by atoms with E-state index in [2.05, 4.69) is 106 Å². The minimum Gasteiger partial charge on any atom is -0.221 e. The first-order chi connectivity index (χ1) is 14.8. The first-order valence-corrected chi connectivity index (χ1v) is 12.0. The zero-order valence-electron chi connectivity index (χ0n) is 20.4. The van der Waals surface area contributed by atoms with Gasteiger partial charge in [-0.05, 0) is 62.3 Å². The van der Waals surface area contributed by atoms with Gasteiger partial charge in [-0.25, -0.2) is 4.57 Å². The van der Waals surface area contributed by atoms with E-state index in [-0.39, 0.29) is 11.0 Å². The normalized spacial score (nSPS) is 23.3. The third-order valence-electron chi connectivity index (χ3n) is 8.30. The fraction of sp³-hybridized carbons (Fsp3) is 0.500. The molecule has 3 atom stereocenters. The predicted octanol–water partition coefficient (Wildman–Crippen LogP) is 6.67. The van der Waals surface area contributed by atoms with Crippen LogP contribution in [0.25, 0.3) is 17.1 Å². The van der Waals surface area contributed by atoms with Crippen molar-refractivity contribution in [1.82, 2.24) is 9.78 Å². The second kappa shape index (κ2) is 7.93. The van der Waals surface area contributed by atoms with Gasteiger partial charge in [0.15, 0.2) is 0 Å². The molecule has 0 radical (unpaired) electrons. The molecule has 2 aromatic carbocycles. The topological polar surface area (TPSA) is 21.7 Å². The fourth-order valence-electron chi connectivity index (χ4n) is 6.34. The van der Waals surface area contributed by atoms with Gasteiger partial charge in [0.25, 0.3) is 11.6 Å². The molecule has 3 aromatic rings. The lowest BCUT2D eigenvalue weighted by Gasteiger charge is -2.52. The van der Waals surface area contributed by atoms with Crippen molar-refractivity contribution >= 4 is 0 Å². The SMILES string of the molecule is CCCC(CC)[C@@]1(C)[n+]2c(C)nn(-c3ccccc3C)c2-c2ccccc2C1(C)CC. The highest BCUT2D eigenvalue weighted by Gasteiger charge is 2.59. The molecule has 2 unspecified atom stereocenters. The molecule has 0 N–H and O–H groups in total. The predicted molar refractivity (Wildman–Crippen MR) is 129 cm³/mol. The maximum Gasteiger partial charge on any atom is 0.275 e. The Morgan fingerprint density at radius 3 is 2.29 bits per heavy atom. The fourth-order valence-corrected chi connectivity index (χ4v) is 6.34. The minimum atomic E-state index is -0.0544. The summed E-state index contributed by atoms with van der Waals surface area (Å²) in [7, 11) is 0. The van der Waals surface area contributed by atoms with Gasteiger partial charge in [-0.15, -0.1) is 0 Å². The van der Waals surface area contributed by atoms with E-state index in [4.69, 9.17) is 5.10 Å². The lowest BCUT2D eigenvalue weighted by Crippen LogP contribution is -2.71.